The summed E-state index contributed by atoms with van der Waals surface area (Å²) in [6.45, 7) is 4.98. The summed E-state index contributed by atoms with van der Waals surface area (Å²) in [5.74, 6) is -0.549. The second kappa shape index (κ2) is 4.56. The molecular formula is C14H15NO4S. The van der Waals surface area contributed by atoms with Crippen LogP contribution in [0.1, 0.15) is 36.7 Å². The molecule has 2 rings (SSSR count). The van der Waals surface area contributed by atoms with Gasteiger partial charge in [-0.25, -0.2) is 12.7 Å². The van der Waals surface area contributed by atoms with E-state index >= 15 is 0 Å². The third kappa shape index (κ3) is 2.27. The van der Waals surface area contributed by atoms with Crippen molar-refractivity contribution in [1.29, 1.82) is 0 Å². The van der Waals surface area contributed by atoms with E-state index in [1.54, 1.807) is 20.8 Å². The van der Waals surface area contributed by atoms with Crippen LogP contribution in [0.3, 0.4) is 0 Å². The third-order valence-electron chi connectivity index (χ3n) is 2.91. The number of sulfonamides is 1. The number of carbonyl (C=O) groups is 2. The van der Waals surface area contributed by atoms with E-state index in [1.165, 1.54) is 24.3 Å². The first-order chi connectivity index (χ1) is 9.17. The van der Waals surface area contributed by atoms with Crippen molar-refractivity contribution in [3.63, 3.8) is 0 Å². The molecule has 1 aromatic rings. The predicted octanol–water partition coefficient (Wildman–Crippen LogP) is 1.81. The van der Waals surface area contributed by atoms with Crippen molar-refractivity contribution in [2.24, 2.45) is 0 Å². The van der Waals surface area contributed by atoms with Crippen LogP contribution in [-0.4, -0.2) is 30.5 Å². The summed E-state index contributed by atoms with van der Waals surface area (Å²) in [5, 5.41) is 0. The fraction of sp³-hybridized carbons (Fsp3) is 0.286. The normalized spacial score (nSPS) is 18.1. The molecule has 106 valence electrons. The van der Waals surface area contributed by atoms with Gasteiger partial charge in [0.15, 0.2) is 0 Å². The molecule has 6 heteroatoms. The van der Waals surface area contributed by atoms with Crippen molar-refractivity contribution < 1.29 is 18.0 Å². The summed E-state index contributed by atoms with van der Waals surface area (Å²) in [5.41, 5.74) is 0.0242. The van der Waals surface area contributed by atoms with Gasteiger partial charge in [0, 0.05) is 11.6 Å². The van der Waals surface area contributed by atoms with Crippen molar-refractivity contribution in [3.05, 3.63) is 41.5 Å². The highest BCUT2D eigenvalue weighted by molar-refractivity contribution is 7.99. The largest absolute Gasteiger partial charge is 0.298 e. The molecular weight excluding hydrogens is 278 g/mol. The second-order valence-corrected chi connectivity index (χ2v) is 7.28. The van der Waals surface area contributed by atoms with E-state index in [0.29, 0.717) is 17.4 Å². The van der Waals surface area contributed by atoms with E-state index in [1.807, 2.05) is 0 Å². The minimum absolute atomic E-state index is 0.0325. The number of rotatable bonds is 2. The Hall–Kier alpha value is -1.95. The number of benzene rings is 1. The van der Waals surface area contributed by atoms with Gasteiger partial charge >= 0.3 is 0 Å². The molecule has 0 aromatic heterocycles. The molecule has 5 nitrogen and oxygen atoms in total. The predicted molar refractivity (Wildman–Crippen MR) is 75.3 cm³/mol. The van der Waals surface area contributed by atoms with E-state index in [0.717, 1.165) is 10.4 Å². The maximum atomic E-state index is 12.5. The van der Waals surface area contributed by atoms with Gasteiger partial charge in [-0.3, -0.25) is 9.59 Å². The van der Waals surface area contributed by atoms with Crippen molar-refractivity contribution >= 4 is 27.1 Å². The fourth-order valence-corrected chi connectivity index (χ4v) is 4.00. The van der Waals surface area contributed by atoms with Gasteiger partial charge in [-0.05, 0) is 26.3 Å². The summed E-state index contributed by atoms with van der Waals surface area (Å²) >= 11 is 0. The standard InChI is InChI=1S/C14H15NO4S/c1-14(2,3)15-13(17)8-12(20(15,18)19)11-6-4-10(9-16)5-7-11/h4-9H,1-3H3. The Morgan fingerprint density at radius 3 is 2.05 bits per heavy atom. The third-order valence-corrected chi connectivity index (χ3v) is 5.03. The average Bonchev–Trinajstić information content (AvgIpc) is 2.58. The molecule has 1 amide bonds. The Bertz CT molecular complexity index is 694. The van der Waals surface area contributed by atoms with Crippen LogP contribution in [0.25, 0.3) is 4.91 Å². The quantitative estimate of drug-likeness (QED) is 0.780. The van der Waals surface area contributed by atoms with E-state index in [2.05, 4.69) is 0 Å². The first kappa shape index (κ1) is 14.5. The number of amides is 1. The maximum Gasteiger partial charge on any atom is 0.268 e. The van der Waals surface area contributed by atoms with Gasteiger partial charge in [0.25, 0.3) is 15.9 Å². The molecule has 1 aliphatic rings. The Morgan fingerprint density at radius 1 is 1.10 bits per heavy atom. The van der Waals surface area contributed by atoms with Gasteiger partial charge in [-0.15, -0.1) is 0 Å². The number of aldehydes is 1. The maximum absolute atomic E-state index is 12.5. The van der Waals surface area contributed by atoms with Crippen molar-refractivity contribution in [3.8, 4) is 0 Å². The summed E-state index contributed by atoms with van der Waals surface area (Å²) in [7, 11) is -3.85. The lowest BCUT2D eigenvalue weighted by Crippen LogP contribution is -2.45. The van der Waals surface area contributed by atoms with Crippen LogP contribution < -0.4 is 0 Å². The second-order valence-electron chi connectivity index (χ2n) is 5.53. The molecule has 1 aliphatic heterocycles. The molecule has 0 aliphatic carbocycles. The lowest BCUT2D eigenvalue weighted by molar-refractivity contribution is -0.123. The van der Waals surface area contributed by atoms with Gasteiger partial charge < -0.3 is 0 Å². The Labute approximate surface area is 117 Å². The van der Waals surface area contributed by atoms with Gasteiger partial charge in [-0.2, -0.15) is 0 Å². The zero-order chi connectivity index (χ0) is 15.1. The summed E-state index contributed by atoms with van der Waals surface area (Å²) < 4.78 is 25.8. The smallest absolute Gasteiger partial charge is 0.268 e. The highest BCUT2D eigenvalue weighted by atomic mass is 32.2. The molecule has 0 fully saturated rings. The topological polar surface area (TPSA) is 71.5 Å². The van der Waals surface area contributed by atoms with Crippen LogP contribution >= 0.6 is 0 Å². The highest BCUT2D eigenvalue weighted by Crippen LogP contribution is 2.35. The van der Waals surface area contributed by atoms with Crippen molar-refractivity contribution in [2.75, 3.05) is 0 Å². The fourth-order valence-electron chi connectivity index (χ4n) is 2.11. The molecule has 0 spiro atoms. The van der Waals surface area contributed by atoms with E-state index in [9.17, 15) is 18.0 Å². The summed E-state index contributed by atoms with van der Waals surface area (Å²) in [6, 6.07) is 6.07. The molecule has 1 heterocycles. The Morgan fingerprint density at radius 2 is 1.65 bits per heavy atom. The SMILES string of the molecule is CC(C)(C)N1C(=O)C=C(c2ccc(C=O)cc2)S1(=O)=O. The molecule has 0 unspecified atom stereocenters. The lowest BCUT2D eigenvalue weighted by atomic mass is 10.1. The molecule has 0 atom stereocenters. The zero-order valence-corrected chi connectivity index (χ0v) is 12.3. The van der Waals surface area contributed by atoms with Crippen molar-refractivity contribution in [2.45, 2.75) is 26.3 Å². The molecule has 0 bridgehead atoms. The van der Waals surface area contributed by atoms with Crippen LogP contribution in [0.15, 0.2) is 30.3 Å². The van der Waals surface area contributed by atoms with Crippen LogP contribution in [0.2, 0.25) is 0 Å². The monoisotopic (exact) mass is 293 g/mol. The number of nitrogens with zero attached hydrogens (tertiary/aromatic N) is 1. The van der Waals surface area contributed by atoms with Gasteiger partial charge in [-0.1, -0.05) is 24.3 Å². The molecule has 0 saturated carbocycles. The first-order valence-electron chi connectivity index (χ1n) is 6.04. The van der Waals surface area contributed by atoms with Crippen LogP contribution in [0.5, 0.6) is 0 Å². The van der Waals surface area contributed by atoms with Crippen LogP contribution in [-0.2, 0) is 14.8 Å². The molecule has 0 saturated heterocycles. The van der Waals surface area contributed by atoms with E-state index in [4.69, 9.17) is 0 Å². The molecule has 20 heavy (non-hydrogen) atoms. The minimum atomic E-state index is -3.85. The highest BCUT2D eigenvalue weighted by Gasteiger charge is 2.44. The number of hydrogen-bond acceptors (Lipinski definition) is 4. The van der Waals surface area contributed by atoms with E-state index < -0.39 is 21.5 Å². The number of hydrogen-bond donors (Lipinski definition) is 0. The van der Waals surface area contributed by atoms with Crippen LogP contribution in [0, 0.1) is 0 Å². The summed E-state index contributed by atoms with van der Waals surface area (Å²) in [6.07, 6.45) is 1.80. The molecule has 0 radical (unpaired) electrons. The zero-order valence-electron chi connectivity index (χ0n) is 11.5. The lowest BCUT2D eigenvalue weighted by Gasteiger charge is -2.30. The van der Waals surface area contributed by atoms with Gasteiger partial charge in [0.2, 0.25) is 0 Å². The van der Waals surface area contributed by atoms with E-state index in [-0.39, 0.29) is 4.91 Å². The number of carbonyl (C=O) groups excluding carboxylic acids is 2. The first-order valence-corrected chi connectivity index (χ1v) is 7.48. The molecule has 0 N–H and O–H groups in total. The Kier molecular flexibility index (Phi) is 3.29. The van der Waals surface area contributed by atoms with Crippen molar-refractivity contribution in [1.82, 2.24) is 4.31 Å². The average molecular weight is 293 g/mol. The van der Waals surface area contributed by atoms with Gasteiger partial charge in [0.1, 0.15) is 11.2 Å². The minimum Gasteiger partial charge on any atom is -0.298 e. The summed E-state index contributed by atoms with van der Waals surface area (Å²) in [4.78, 5) is 22.5. The van der Waals surface area contributed by atoms with Gasteiger partial charge in [0.05, 0.1) is 5.54 Å². The molecule has 1 aromatic carbocycles. The Balaban J connectivity index is 2.51. The van der Waals surface area contributed by atoms with Crippen LogP contribution in [0.4, 0.5) is 0 Å².